The van der Waals surface area contributed by atoms with Crippen molar-refractivity contribution in [2.45, 2.75) is 6.92 Å². The average Bonchev–Trinajstić information content (AvgIpc) is 2.88. The van der Waals surface area contributed by atoms with E-state index >= 15 is 0 Å². The van der Waals surface area contributed by atoms with Gasteiger partial charge in [0.1, 0.15) is 5.69 Å². The number of H-pyrrole nitrogens is 1. The molecule has 0 radical (unpaired) electrons. The van der Waals surface area contributed by atoms with Gasteiger partial charge in [-0.15, -0.1) is 5.10 Å². The van der Waals surface area contributed by atoms with E-state index in [0.29, 0.717) is 4.47 Å². The smallest absolute Gasteiger partial charge is 0.361 e. The Kier molecular flexibility index (Phi) is 4.33. The quantitative estimate of drug-likeness (QED) is 0.863. The minimum Gasteiger partial charge on any atom is -0.494 e. The van der Waals surface area contributed by atoms with E-state index in [9.17, 15) is 9.18 Å². The largest absolute Gasteiger partial charge is 0.494 e. The SMILES string of the molecule is CCOC(=O)c1n[nH]nc1-c1c(Br)ccc(OC)c1F. The summed E-state index contributed by atoms with van der Waals surface area (Å²) in [7, 11) is 1.35. The molecule has 106 valence electrons. The second-order valence-electron chi connectivity index (χ2n) is 3.68. The van der Waals surface area contributed by atoms with Gasteiger partial charge in [-0.3, -0.25) is 0 Å². The molecule has 2 aromatic rings. The number of ether oxygens (including phenoxy) is 2. The number of esters is 1. The fourth-order valence-corrected chi connectivity index (χ4v) is 2.15. The van der Waals surface area contributed by atoms with E-state index in [0.717, 1.165) is 0 Å². The highest BCUT2D eigenvalue weighted by Gasteiger charge is 2.25. The Balaban J connectivity index is 2.58. The average molecular weight is 344 g/mol. The number of halogens is 2. The predicted octanol–water partition coefficient (Wildman–Crippen LogP) is 2.56. The van der Waals surface area contributed by atoms with E-state index in [2.05, 4.69) is 31.3 Å². The van der Waals surface area contributed by atoms with Crippen LogP contribution in [0.4, 0.5) is 4.39 Å². The summed E-state index contributed by atoms with van der Waals surface area (Å²) >= 11 is 3.22. The first kappa shape index (κ1) is 14.4. The van der Waals surface area contributed by atoms with Gasteiger partial charge < -0.3 is 9.47 Å². The van der Waals surface area contributed by atoms with E-state index in [1.165, 1.54) is 13.2 Å². The Bertz CT molecular complexity index is 645. The summed E-state index contributed by atoms with van der Waals surface area (Å²) in [5.74, 6) is -1.27. The molecule has 0 amide bonds. The summed E-state index contributed by atoms with van der Waals surface area (Å²) in [5, 5.41) is 9.83. The van der Waals surface area contributed by atoms with E-state index in [1.54, 1.807) is 13.0 Å². The number of benzene rings is 1. The highest BCUT2D eigenvalue weighted by atomic mass is 79.9. The van der Waals surface area contributed by atoms with Crippen LogP contribution in [-0.2, 0) is 4.74 Å². The summed E-state index contributed by atoms with van der Waals surface area (Å²) in [6, 6.07) is 3.06. The molecule has 2 rings (SSSR count). The van der Waals surface area contributed by atoms with E-state index in [-0.39, 0.29) is 29.3 Å². The van der Waals surface area contributed by atoms with E-state index in [4.69, 9.17) is 9.47 Å². The molecule has 0 fully saturated rings. The molecule has 0 aliphatic carbocycles. The Morgan fingerprint density at radius 1 is 1.45 bits per heavy atom. The molecule has 1 heterocycles. The normalized spacial score (nSPS) is 10.4. The van der Waals surface area contributed by atoms with Gasteiger partial charge in [0, 0.05) is 4.47 Å². The van der Waals surface area contributed by atoms with Gasteiger partial charge in [0.2, 0.25) is 0 Å². The Morgan fingerprint density at radius 2 is 2.20 bits per heavy atom. The second-order valence-corrected chi connectivity index (χ2v) is 4.53. The molecular formula is C12H11BrFN3O3. The molecule has 1 aromatic carbocycles. The lowest BCUT2D eigenvalue weighted by molar-refractivity contribution is 0.0520. The number of carbonyl (C=O) groups is 1. The van der Waals surface area contributed by atoms with Crippen LogP contribution in [-0.4, -0.2) is 35.1 Å². The Morgan fingerprint density at radius 3 is 2.85 bits per heavy atom. The maximum Gasteiger partial charge on any atom is 0.361 e. The van der Waals surface area contributed by atoms with Crippen LogP contribution in [0.15, 0.2) is 16.6 Å². The molecule has 0 aliphatic rings. The van der Waals surface area contributed by atoms with Crippen LogP contribution < -0.4 is 4.74 Å². The molecular weight excluding hydrogens is 333 g/mol. The van der Waals surface area contributed by atoms with Crippen LogP contribution in [0.3, 0.4) is 0 Å². The molecule has 1 aromatic heterocycles. The summed E-state index contributed by atoms with van der Waals surface area (Å²) in [5.41, 5.74) is 0.0626. The number of nitrogens with zero attached hydrogens (tertiary/aromatic N) is 2. The van der Waals surface area contributed by atoms with Crippen molar-refractivity contribution in [1.29, 1.82) is 0 Å². The molecule has 0 saturated carbocycles. The molecule has 0 bridgehead atoms. The molecule has 0 unspecified atom stereocenters. The van der Waals surface area contributed by atoms with E-state index < -0.39 is 11.8 Å². The molecule has 0 spiro atoms. The summed E-state index contributed by atoms with van der Waals surface area (Å²) in [4.78, 5) is 11.8. The highest BCUT2D eigenvalue weighted by molar-refractivity contribution is 9.10. The predicted molar refractivity (Wildman–Crippen MR) is 72.0 cm³/mol. The third kappa shape index (κ3) is 2.51. The third-order valence-corrected chi connectivity index (χ3v) is 3.19. The minimum absolute atomic E-state index is 0.0426. The summed E-state index contributed by atoms with van der Waals surface area (Å²) < 4.78 is 24.5. The number of hydrogen-bond acceptors (Lipinski definition) is 5. The standard InChI is InChI=1S/C12H11BrFN3O3/c1-3-20-12(18)11-10(15-17-16-11)8-6(13)4-5-7(19-2)9(8)14/h4-5H,3H2,1-2H3,(H,15,16,17). The molecule has 0 aliphatic heterocycles. The minimum atomic E-state index is -0.676. The number of nitrogens with one attached hydrogen (secondary N) is 1. The van der Waals surface area contributed by atoms with E-state index in [1.807, 2.05) is 0 Å². The topological polar surface area (TPSA) is 77.1 Å². The first-order valence-corrected chi connectivity index (χ1v) is 6.49. The number of methoxy groups -OCH3 is 1. The monoisotopic (exact) mass is 343 g/mol. The van der Waals surface area contributed by atoms with Crippen molar-refractivity contribution in [3.8, 4) is 17.0 Å². The maximum atomic E-state index is 14.3. The van der Waals surface area contributed by atoms with Gasteiger partial charge in [-0.25, -0.2) is 9.18 Å². The number of carbonyl (C=O) groups excluding carboxylic acids is 1. The lowest BCUT2D eigenvalue weighted by Gasteiger charge is -2.08. The van der Waals surface area contributed by atoms with Crippen LogP contribution in [0.2, 0.25) is 0 Å². The lowest BCUT2D eigenvalue weighted by atomic mass is 10.1. The van der Waals surface area contributed by atoms with Crippen LogP contribution in [0.5, 0.6) is 5.75 Å². The van der Waals surface area contributed by atoms with Gasteiger partial charge in [-0.1, -0.05) is 0 Å². The summed E-state index contributed by atoms with van der Waals surface area (Å²) in [6.45, 7) is 1.85. The third-order valence-electron chi connectivity index (χ3n) is 2.53. The lowest BCUT2D eigenvalue weighted by Crippen LogP contribution is -2.07. The number of rotatable bonds is 4. The van der Waals surface area contributed by atoms with Gasteiger partial charge in [0.05, 0.1) is 19.3 Å². The zero-order valence-corrected chi connectivity index (χ0v) is 12.3. The van der Waals surface area contributed by atoms with Gasteiger partial charge in [-0.2, -0.15) is 10.3 Å². The first-order valence-electron chi connectivity index (χ1n) is 5.70. The van der Waals surface area contributed by atoms with Crippen LogP contribution in [0, 0.1) is 5.82 Å². The number of aromatic amines is 1. The maximum absolute atomic E-state index is 14.3. The fraction of sp³-hybridized carbons (Fsp3) is 0.250. The van der Waals surface area contributed by atoms with Crippen LogP contribution >= 0.6 is 15.9 Å². The number of hydrogen-bond donors (Lipinski definition) is 1. The molecule has 0 saturated heterocycles. The van der Waals surface area contributed by atoms with Crippen molar-refractivity contribution in [3.63, 3.8) is 0 Å². The molecule has 1 N–H and O–H groups in total. The van der Waals surface area contributed by atoms with Gasteiger partial charge in [0.15, 0.2) is 17.3 Å². The molecule has 0 atom stereocenters. The van der Waals surface area contributed by atoms with Crippen molar-refractivity contribution in [2.75, 3.05) is 13.7 Å². The van der Waals surface area contributed by atoms with Crippen molar-refractivity contribution in [3.05, 3.63) is 28.1 Å². The second kappa shape index (κ2) is 6.00. The zero-order chi connectivity index (χ0) is 14.7. The Labute approximate surface area is 122 Å². The number of aromatic nitrogens is 3. The van der Waals surface area contributed by atoms with Crippen molar-refractivity contribution in [2.24, 2.45) is 0 Å². The van der Waals surface area contributed by atoms with Crippen molar-refractivity contribution in [1.82, 2.24) is 15.4 Å². The molecule has 20 heavy (non-hydrogen) atoms. The van der Waals surface area contributed by atoms with Crippen LogP contribution in [0.25, 0.3) is 11.3 Å². The van der Waals surface area contributed by atoms with Gasteiger partial charge in [0.25, 0.3) is 0 Å². The highest BCUT2D eigenvalue weighted by Crippen LogP contribution is 2.35. The van der Waals surface area contributed by atoms with Gasteiger partial charge in [-0.05, 0) is 35.0 Å². The fourth-order valence-electron chi connectivity index (χ4n) is 1.66. The first-order chi connectivity index (χ1) is 9.60. The van der Waals surface area contributed by atoms with Gasteiger partial charge >= 0.3 is 5.97 Å². The van der Waals surface area contributed by atoms with Crippen molar-refractivity contribution < 1.29 is 18.7 Å². The zero-order valence-electron chi connectivity index (χ0n) is 10.7. The molecule has 6 nitrogen and oxygen atoms in total. The molecule has 8 heteroatoms. The van der Waals surface area contributed by atoms with Crippen molar-refractivity contribution >= 4 is 21.9 Å². The summed E-state index contributed by atoms with van der Waals surface area (Å²) in [6.07, 6.45) is 0. The Hall–Kier alpha value is -1.96. The van der Waals surface area contributed by atoms with Crippen LogP contribution in [0.1, 0.15) is 17.4 Å².